The Balaban J connectivity index is 2.50. The average molecular weight is 267 g/mol. The zero-order chi connectivity index (χ0) is 13.8. The molecule has 6 heteroatoms. The molecule has 2 unspecified atom stereocenters. The second-order valence-corrected chi connectivity index (χ2v) is 5.09. The van der Waals surface area contributed by atoms with Crippen LogP contribution in [-0.2, 0) is 0 Å². The van der Waals surface area contributed by atoms with Crippen LogP contribution in [-0.4, -0.2) is 61.3 Å². The van der Waals surface area contributed by atoms with Gasteiger partial charge in [0.15, 0.2) is 0 Å². The van der Waals surface area contributed by atoms with Crippen molar-refractivity contribution in [3.63, 3.8) is 0 Å². The van der Waals surface area contributed by atoms with Crippen molar-refractivity contribution in [2.24, 2.45) is 5.73 Å². The molecule has 0 saturated carbocycles. The molecule has 0 spiro atoms. The second kappa shape index (κ2) is 6.73. The standard InChI is InChI=1S/C12H24F3N3/c1-3-10(16)11(12(13,14)15)17(2)8-9-18-6-4-5-7-18/h10-11H,3-9,16H2,1-2H3. The molecule has 1 aliphatic rings. The van der Waals surface area contributed by atoms with E-state index in [9.17, 15) is 13.2 Å². The van der Waals surface area contributed by atoms with Gasteiger partial charge in [0.2, 0.25) is 0 Å². The minimum atomic E-state index is -4.25. The summed E-state index contributed by atoms with van der Waals surface area (Å²) in [6.07, 6.45) is -1.62. The summed E-state index contributed by atoms with van der Waals surface area (Å²) >= 11 is 0. The van der Waals surface area contributed by atoms with Gasteiger partial charge in [0.1, 0.15) is 6.04 Å². The van der Waals surface area contributed by atoms with Gasteiger partial charge in [-0.05, 0) is 39.4 Å². The van der Waals surface area contributed by atoms with Gasteiger partial charge >= 0.3 is 6.18 Å². The number of alkyl halides is 3. The molecule has 1 aliphatic heterocycles. The lowest BCUT2D eigenvalue weighted by Gasteiger charge is -2.34. The van der Waals surface area contributed by atoms with Crippen LogP contribution in [0.25, 0.3) is 0 Å². The van der Waals surface area contributed by atoms with Crippen LogP contribution in [0, 0.1) is 0 Å². The number of nitrogens with two attached hydrogens (primary N) is 1. The maximum Gasteiger partial charge on any atom is 0.405 e. The molecule has 0 aromatic heterocycles. The fourth-order valence-electron chi connectivity index (χ4n) is 2.49. The van der Waals surface area contributed by atoms with Gasteiger partial charge in [-0.2, -0.15) is 13.2 Å². The van der Waals surface area contributed by atoms with Crippen molar-refractivity contribution in [3.05, 3.63) is 0 Å². The van der Waals surface area contributed by atoms with E-state index < -0.39 is 18.3 Å². The number of likely N-dealkylation sites (tertiary alicyclic amines) is 1. The van der Waals surface area contributed by atoms with Crippen LogP contribution in [0.1, 0.15) is 26.2 Å². The van der Waals surface area contributed by atoms with Crippen LogP contribution < -0.4 is 5.73 Å². The summed E-state index contributed by atoms with van der Waals surface area (Å²) in [6.45, 7) is 4.81. The zero-order valence-corrected chi connectivity index (χ0v) is 11.2. The maximum absolute atomic E-state index is 13.0. The van der Waals surface area contributed by atoms with Crippen molar-refractivity contribution in [1.29, 1.82) is 0 Å². The van der Waals surface area contributed by atoms with Gasteiger partial charge in [-0.1, -0.05) is 6.92 Å². The molecule has 18 heavy (non-hydrogen) atoms. The molecule has 1 saturated heterocycles. The van der Waals surface area contributed by atoms with Crippen LogP contribution in [0.3, 0.4) is 0 Å². The summed E-state index contributed by atoms with van der Waals surface area (Å²) in [5.41, 5.74) is 5.61. The molecule has 3 nitrogen and oxygen atoms in total. The highest BCUT2D eigenvalue weighted by Crippen LogP contribution is 2.27. The van der Waals surface area contributed by atoms with Crippen molar-refractivity contribution in [2.75, 3.05) is 33.2 Å². The highest BCUT2D eigenvalue weighted by atomic mass is 19.4. The highest BCUT2D eigenvalue weighted by Gasteiger charge is 2.45. The summed E-state index contributed by atoms with van der Waals surface area (Å²) in [6, 6.07) is -2.39. The van der Waals surface area contributed by atoms with Crippen LogP contribution in [0.15, 0.2) is 0 Å². The van der Waals surface area contributed by atoms with E-state index in [4.69, 9.17) is 5.73 Å². The third-order valence-corrected chi connectivity index (χ3v) is 3.65. The topological polar surface area (TPSA) is 32.5 Å². The van der Waals surface area contributed by atoms with E-state index in [-0.39, 0.29) is 0 Å². The highest BCUT2D eigenvalue weighted by molar-refractivity contribution is 4.86. The molecule has 0 bridgehead atoms. The first-order valence-corrected chi connectivity index (χ1v) is 6.61. The summed E-state index contributed by atoms with van der Waals surface area (Å²) in [5.74, 6) is 0. The van der Waals surface area contributed by atoms with Gasteiger partial charge in [-0.15, -0.1) is 0 Å². The van der Waals surface area contributed by atoms with Crippen molar-refractivity contribution in [2.45, 2.75) is 44.4 Å². The van der Waals surface area contributed by atoms with Gasteiger partial charge < -0.3 is 10.6 Å². The third-order valence-electron chi connectivity index (χ3n) is 3.65. The molecule has 0 aromatic rings. The molecular formula is C12H24F3N3. The molecule has 0 aliphatic carbocycles. The zero-order valence-electron chi connectivity index (χ0n) is 11.2. The number of halogens is 3. The first-order chi connectivity index (χ1) is 8.36. The fraction of sp³-hybridized carbons (Fsp3) is 1.00. The number of rotatable bonds is 6. The minimum absolute atomic E-state index is 0.332. The Hall–Kier alpha value is -0.330. The third kappa shape index (κ3) is 4.40. The average Bonchev–Trinajstić information content (AvgIpc) is 2.77. The molecular weight excluding hydrogens is 243 g/mol. The molecule has 1 rings (SSSR count). The first-order valence-electron chi connectivity index (χ1n) is 6.61. The minimum Gasteiger partial charge on any atom is -0.326 e. The number of hydrogen-bond acceptors (Lipinski definition) is 3. The van der Waals surface area contributed by atoms with Gasteiger partial charge in [0.25, 0.3) is 0 Å². The Labute approximate surface area is 107 Å². The summed E-state index contributed by atoms with van der Waals surface area (Å²) in [4.78, 5) is 3.56. The van der Waals surface area contributed by atoms with Gasteiger partial charge in [0, 0.05) is 19.1 Å². The Kier molecular flexibility index (Phi) is 5.88. The van der Waals surface area contributed by atoms with Gasteiger partial charge in [-0.25, -0.2) is 0 Å². The first kappa shape index (κ1) is 15.7. The van der Waals surface area contributed by atoms with Crippen molar-refractivity contribution in [3.8, 4) is 0 Å². The predicted molar refractivity (Wildman–Crippen MR) is 66.4 cm³/mol. The fourth-order valence-corrected chi connectivity index (χ4v) is 2.49. The SMILES string of the molecule is CCC(N)C(N(C)CCN1CCCC1)C(F)(F)F. The van der Waals surface area contributed by atoms with Crippen molar-refractivity contribution >= 4 is 0 Å². The van der Waals surface area contributed by atoms with E-state index in [1.54, 1.807) is 6.92 Å². The summed E-state index contributed by atoms with van der Waals surface area (Å²) in [7, 11) is 1.52. The van der Waals surface area contributed by atoms with E-state index >= 15 is 0 Å². The van der Waals surface area contributed by atoms with E-state index in [1.165, 1.54) is 11.9 Å². The Morgan fingerprint density at radius 3 is 2.28 bits per heavy atom. The molecule has 0 radical (unpaired) electrons. The van der Waals surface area contributed by atoms with Crippen LogP contribution in [0.2, 0.25) is 0 Å². The lowest BCUT2D eigenvalue weighted by atomic mass is 10.0. The van der Waals surface area contributed by atoms with Crippen LogP contribution in [0.5, 0.6) is 0 Å². The lowest BCUT2D eigenvalue weighted by Crippen LogP contribution is -2.55. The van der Waals surface area contributed by atoms with Gasteiger partial charge in [-0.3, -0.25) is 4.90 Å². The largest absolute Gasteiger partial charge is 0.405 e. The Bertz CT molecular complexity index is 239. The monoisotopic (exact) mass is 267 g/mol. The van der Waals surface area contributed by atoms with E-state index in [1.807, 2.05) is 0 Å². The summed E-state index contributed by atoms with van der Waals surface area (Å²) in [5, 5.41) is 0. The molecule has 0 aromatic carbocycles. The smallest absolute Gasteiger partial charge is 0.326 e. The predicted octanol–water partition coefficient (Wildman–Crippen LogP) is 1.68. The van der Waals surface area contributed by atoms with Crippen LogP contribution >= 0.6 is 0 Å². The molecule has 2 atom stereocenters. The quantitative estimate of drug-likeness (QED) is 0.795. The summed E-state index contributed by atoms with van der Waals surface area (Å²) < 4.78 is 38.9. The number of likely N-dealkylation sites (N-methyl/N-ethyl adjacent to an activating group) is 1. The number of nitrogens with zero attached hydrogens (tertiary/aromatic N) is 2. The van der Waals surface area contributed by atoms with Crippen LogP contribution in [0.4, 0.5) is 13.2 Å². The van der Waals surface area contributed by atoms with E-state index in [0.29, 0.717) is 19.5 Å². The normalized spacial score (nSPS) is 21.5. The molecule has 1 fully saturated rings. The molecule has 0 amide bonds. The Morgan fingerprint density at radius 2 is 1.83 bits per heavy atom. The maximum atomic E-state index is 13.0. The lowest BCUT2D eigenvalue weighted by molar-refractivity contribution is -0.186. The van der Waals surface area contributed by atoms with E-state index in [2.05, 4.69) is 4.90 Å². The van der Waals surface area contributed by atoms with Crippen molar-refractivity contribution < 1.29 is 13.2 Å². The van der Waals surface area contributed by atoms with E-state index in [0.717, 1.165) is 25.9 Å². The molecule has 108 valence electrons. The number of hydrogen-bond donors (Lipinski definition) is 1. The van der Waals surface area contributed by atoms with Crippen molar-refractivity contribution in [1.82, 2.24) is 9.80 Å². The second-order valence-electron chi connectivity index (χ2n) is 5.09. The Morgan fingerprint density at radius 1 is 1.28 bits per heavy atom. The molecule has 1 heterocycles. The molecule has 2 N–H and O–H groups in total. The van der Waals surface area contributed by atoms with Gasteiger partial charge in [0.05, 0.1) is 0 Å².